The molecule has 0 aliphatic heterocycles. The quantitative estimate of drug-likeness (QED) is 0.848. The van der Waals surface area contributed by atoms with Gasteiger partial charge in [-0.25, -0.2) is 0 Å². The fourth-order valence-electron chi connectivity index (χ4n) is 1.48. The molecule has 17 heavy (non-hydrogen) atoms. The van der Waals surface area contributed by atoms with Crippen LogP contribution in [0.15, 0.2) is 10.9 Å². The predicted octanol–water partition coefficient (Wildman–Crippen LogP) is 2.12. The smallest absolute Gasteiger partial charge is 0.261 e. The van der Waals surface area contributed by atoms with E-state index >= 15 is 0 Å². The Morgan fingerprint density at radius 2 is 2.12 bits per heavy atom. The lowest BCUT2D eigenvalue weighted by Crippen LogP contribution is -2.30. The van der Waals surface area contributed by atoms with E-state index in [0.29, 0.717) is 23.7 Å². The van der Waals surface area contributed by atoms with Crippen molar-refractivity contribution in [3.05, 3.63) is 32.7 Å². The zero-order chi connectivity index (χ0) is 12.8. The van der Waals surface area contributed by atoms with Gasteiger partial charge >= 0.3 is 0 Å². The molecule has 0 unspecified atom stereocenters. The van der Waals surface area contributed by atoms with E-state index < -0.39 is 0 Å². The average Bonchev–Trinajstić information content (AvgIpc) is 2.30. The molecule has 0 aromatic carbocycles. The third-order valence-corrected chi connectivity index (χ3v) is 2.69. The van der Waals surface area contributed by atoms with Crippen molar-refractivity contribution < 1.29 is 4.79 Å². The molecule has 1 aromatic rings. The van der Waals surface area contributed by atoms with Crippen LogP contribution in [0.2, 0.25) is 5.02 Å². The maximum atomic E-state index is 11.7. The number of halogens is 1. The summed E-state index contributed by atoms with van der Waals surface area (Å²) >= 11 is 6.01. The molecule has 0 aliphatic rings. The minimum atomic E-state index is -0.383. The Balaban J connectivity index is 2.99. The Kier molecular flexibility index (Phi) is 5.22. The monoisotopic (exact) mass is 256 g/mol. The van der Waals surface area contributed by atoms with Crippen molar-refractivity contribution in [2.75, 3.05) is 6.54 Å². The summed E-state index contributed by atoms with van der Waals surface area (Å²) in [5.74, 6) is -0.377. The van der Waals surface area contributed by atoms with Gasteiger partial charge in [0, 0.05) is 12.2 Å². The van der Waals surface area contributed by atoms with Crippen molar-refractivity contribution in [1.29, 1.82) is 0 Å². The predicted molar refractivity (Wildman–Crippen MR) is 68.7 cm³/mol. The number of hydrogen-bond donors (Lipinski definition) is 2. The number of aryl methyl sites for hydroxylation is 1. The number of aromatic amines is 1. The second-order valence-electron chi connectivity index (χ2n) is 3.84. The molecule has 0 saturated heterocycles. The largest absolute Gasteiger partial charge is 0.352 e. The first kappa shape index (κ1) is 13.8. The van der Waals surface area contributed by atoms with E-state index in [-0.39, 0.29) is 17.0 Å². The van der Waals surface area contributed by atoms with Gasteiger partial charge in [-0.15, -0.1) is 0 Å². The highest BCUT2D eigenvalue weighted by Gasteiger charge is 2.12. The second kappa shape index (κ2) is 6.45. The van der Waals surface area contributed by atoms with Crippen LogP contribution in [0, 0.1) is 0 Å². The van der Waals surface area contributed by atoms with Crippen molar-refractivity contribution in [2.24, 2.45) is 0 Å². The summed E-state index contributed by atoms with van der Waals surface area (Å²) in [6, 6.07) is 1.44. The van der Waals surface area contributed by atoms with Gasteiger partial charge in [-0.2, -0.15) is 0 Å². The van der Waals surface area contributed by atoms with E-state index in [1.807, 2.05) is 13.8 Å². The van der Waals surface area contributed by atoms with E-state index in [0.717, 1.165) is 12.8 Å². The summed E-state index contributed by atoms with van der Waals surface area (Å²) in [7, 11) is 0. The van der Waals surface area contributed by atoms with Crippen molar-refractivity contribution in [3.8, 4) is 0 Å². The van der Waals surface area contributed by atoms with Crippen LogP contribution in [0.4, 0.5) is 0 Å². The fraction of sp³-hybridized carbons (Fsp3) is 0.500. The van der Waals surface area contributed by atoms with Gasteiger partial charge in [0.1, 0.15) is 5.56 Å². The van der Waals surface area contributed by atoms with Crippen LogP contribution < -0.4 is 10.9 Å². The third kappa shape index (κ3) is 3.60. The first-order chi connectivity index (χ1) is 8.10. The van der Waals surface area contributed by atoms with Crippen LogP contribution in [0.25, 0.3) is 0 Å². The molecule has 1 heterocycles. The number of carbonyl (C=O) groups is 1. The molecule has 2 N–H and O–H groups in total. The molecule has 4 nitrogen and oxygen atoms in total. The number of rotatable bonds is 5. The van der Waals surface area contributed by atoms with E-state index in [4.69, 9.17) is 11.6 Å². The average molecular weight is 257 g/mol. The van der Waals surface area contributed by atoms with Crippen LogP contribution >= 0.6 is 11.6 Å². The van der Waals surface area contributed by atoms with Crippen LogP contribution in [0.1, 0.15) is 42.7 Å². The third-order valence-electron chi connectivity index (χ3n) is 2.35. The molecule has 5 heteroatoms. The Bertz CT molecular complexity index is 454. The Hall–Kier alpha value is -1.29. The van der Waals surface area contributed by atoms with Crippen LogP contribution in [-0.4, -0.2) is 17.4 Å². The highest BCUT2D eigenvalue weighted by atomic mass is 35.5. The number of H-pyrrole nitrogens is 1. The van der Waals surface area contributed by atoms with E-state index in [1.165, 1.54) is 6.07 Å². The molecule has 0 fully saturated rings. The minimum absolute atomic E-state index is 0.0725. The normalized spacial score (nSPS) is 10.3. The fourth-order valence-corrected chi connectivity index (χ4v) is 1.73. The molecule has 0 atom stereocenters. The molecular formula is C12H17ClN2O2. The molecule has 0 radical (unpaired) electrons. The van der Waals surface area contributed by atoms with Crippen molar-refractivity contribution in [2.45, 2.75) is 33.1 Å². The SMILES string of the molecule is CCCNC(=O)c1cc(Cl)c(CCC)[nH]c1=O. The summed E-state index contributed by atoms with van der Waals surface area (Å²) in [4.78, 5) is 26.0. The van der Waals surface area contributed by atoms with E-state index in [2.05, 4.69) is 10.3 Å². The Labute approximate surface area is 105 Å². The number of nitrogens with one attached hydrogen (secondary N) is 2. The summed E-state index contributed by atoms with van der Waals surface area (Å²) in [5.41, 5.74) is 0.376. The van der Waals surface area contributed by atoms with E-state index in [9.17, 15) is 9.59 Å². The van der Waals surface area contributed by atoms with E-state index in [1.54, 1.807) is 0 Å². The molecule has 1 aromatic heterocycles. The maximum absolute atomic E-state index is 11.7. The summed E-state index contributed by atoms with van der Waals surface area (Å²) in [6.45, 7) is 4.49. The van der Waals surface area contributed by atoms with Crippen LogP contribution in [-0.2, 0) is 6.42 Å². The standard InChI is InChI=1S/C12H17ClN2O2/c1-3-5-10-9(13)7-8(12(17)15-10)11(16)14-6-4-2/h7H,3-6H2,1-2H3,(H,14,16)(H,15,17). The molecule has 1 rings (SSSR count). The molecule has 1 amide bonds. The lowest BCUT2D eigenvalue weighted by atomic mass is 10.2. The minimum Gasteiger partial charge on any atom is -0.352 e. The molecule has 94 valence electrons. The molecule has 0 saturated carbocycles. The van der Waals surface area contributed by atoms with Gasteiger partial charge in [-0.3, -0.25) is 9.59 Å². The Morgan fingerprint density at radius 1 is 1.41 bits per heavy atom. The first-order valence-electron chi connectivity index (χ1n) is 5.80. The van der Waals surface area contributed by atoms with Gasteiger partial charge < -0.3 is 10.3 Å². The summed E-state index contributed by atoms with van der Waals surface area (Å²) in [5, 5.41) is 3.09. The lowest BCUT2D eigenvalue weighted by molar-refractivity contribution is 0.0952. The topological polar surface area (TPSA) is 62.0 Å². The Morgan fingerprint density at radius 3 is 2.71 bits per heavy atom. The van der Waals surface area contributed by atoms with Gasteiger partial charge in [0.05, 0.1) is 5.02 Å². The van der Waals surface area contributed by atoms with Gasteiger partial charge in [0.15, 0.2) is 0 Å². The van der Waals surface area contributed by atoms with Crippen LogP contribution in [0.5, 0.6) is 0 Å². The van der Waals surface area contributed by atoms with Crippen molar-refractivity contribution in [3.63, 3.8) is 0 Å². The number of hydrogen-bond acceptors (Lipinski definition) is 2. The second-order valence-corrected chi connectivity index (χ2v) is 4.25. The highest BCUT2D eigenvalue weighted by molar-refractivity contribution is 6.31. The summed E-state index contributed by atoms with van der Waals surface area (Å²) in [6.07, 6.45) is 2.41. The number of carbonyl (C=O) groups excluding carboxylic acids is 1. The van der Waals surface area contributed by atoms with Gasteiger partial charge in [0.2, 0.25) is 0 Å². The van der Waals surface area contributed by atoms with Crippen LogP contribution in [0.3, 0.4) is 0 Å². The number of amides is 1. The van der Waals surface area contributed by atoms with Gasteiger partial charge in [-0.1, -0.05) is 31.9 Å². The number of pyridine rings is 1. The van der Waals surface area contributed by atoms with Gasteiger partial charge in [-0.05, 0) is 18.9 Å². The van der Waals surface area contributed by atoms with Gasteiger partial charge in [0.25, 0.3) is 11.5 Å². The van der Waals surface area contributed by atoms with Crippen molar-refractivity contribution >= 4 is 17.5 Å². The lowest BCUT2D eigenvalue weighted by Gasteiger charge is -2.06. The molecule has 0 spiro atoms. The number of aromatic nitrogens is 1. The zero-order valence-corrected chi connectivity index (χ0v) is 10.9. The highest BCUT2D eigenvalue weighted by Crippen LogP contribution is 2.14. The first-order valence-corrected chi connectivity index (χ1v) is 6.17. The molecule has 0 bridgehead atoms. The maximum Gasteiger partial charge on any atom is 0.261 e. The molecular weight excluding hydrogens is 240 g/mol. The van der Waals surface area contributed by atoms with Crippen molar-refractivity contribution in [1.82, 2.24) is 10.3 Å². The summed E-state index contributed by atoms with van der Waals surface area (Å²) < 4.78 is 0. The molecule has 0 aliphatic carbocycles. The zero-order valence-electron chi connectivity index (χ0n) is 10.1.